The lowest BCUT2D eigenvalue weighted by atomic mass is 10.2. The highest BCUT2D eigenvalue weighted by Crippen LogP contribution is 2.15. The summed E-state index contributed by atoms with van der Waals surface area (Å²) in [5.74, 6) is 0. The van der Waals surface area contributed by atoms with Crippen molar-refractivity contribution in [2.45, 2.75) is 31.8 Å². The summed E-state index contributed by atoms with van der Waals surface area (Å²) < 4.78 is 0. The Labute approximate surface area is 68.2 Å². The maximum absolute atomic E-state index is 8.97. The molecule has 11 heavy (non-hydrogen) atoms. The number of aliphatic hydroxyl groups is 1. The molecule has 66 valence electrons. The molecule has 1 fully saturated rings. The second kappa shape index (κ2) is 4.04. The largest absolute Gasteiger partial charge is 0.395 e. The third kappa shape index (κ3) is 2.43. The maximum atomic E-state index is 8.97. The van der Waals surface area contributed by atoms with E-state index in [1.54, 1.807) is 0 Å². The Hall–Kier alpha value is -0.120. The van der Waals surface area contributed by atoms with Crippen LogP contribution in [-0.2, 0) is 0 Å². The second-order valence-corrected chi connectivity index (χ2v) is 3.45. The monoisotopic (exact) mass is 158 g/mol. The molecule has 0 amide bonds. The first-order valence-corrected chi connectivity index (χ1v) is 4.34. The molecule has 0 aromatic heterocycles. The standard InChI is InChI=1S/C8H18N2O/c1-7(9)5-10-4-2-3-8(10)6-11/h7-8,11H,2-6,9H2,1H3/t7-,8+/m0/s1. The van der Waals surface area contributed by atoms with Crippen LogP contribution < -0.4 is 5.73 Å². The van der Waals surface area contributed by atoms with Crippen LogP contribution in [0.5, 0.6) is 0 Å². The topological polar surface area (TPSA) is 49.5 Å². The third-order valence-corrected chi connectivity index (χ3v) is 2.23. The fourth-order valence-corrected chi connectivity index (χ4v) is 1.71. The van der Waals surface area contributed by atoms with Crippen molar-refractivity contribution >= 4 is 0 Å². The zero-order chi connectivity index (χ0) is 8.27. The molecule has 0 unspecified atom stereocenters. The predicted octanol–water partition coefficient (Wildman–Crippen LogP) is -0.210. The van der Waals surface area contributed by atoms with Crippen molar-refractivity contribution in [3.05, 3.63) is 0 Å². The number of hydrogen-bond acceptors (Lipinski definition) is 3. The third-order valence-electron chi connectivity index (χ3n) is 2.23. The molecule has 0 aliphatic carbocycles. The number of aliphatic hydroxyl groups excluding tert-OH is 1. The summed E-state index contributed by atoms with van der Waals surface area (Å²) >= 11 is 0. The molecule has 0 aromatic rings. The number of rotatable bonds is 3. The number of nitrogens with zero attached hydrogens (tertiary/aromatic N) is 1. The summed E-state index contributed by atoms with van der Waals surface area (Å²) in [6.45, 7) is 4.32. The van der Waals surface area contributed by atoms with E-state index < -0.39 is 0 Å². The highest BCUT2D eigenvalue weighted by atomic mass is 16.3. The molecular formula is C8H18N2O. The zero-order valence-corrected chi connectivity index (χ0v) is 7.16. The SMILES string of the molecule is C[C@H](N)CN1CCC[C@@H]1CO. The summed E-state index contributed by atoms with van der Waals surface area (Å²) in [6.07, 6.45) is 2.33. The summed E-state index contributed by atoms with van der Waals surface area (Å²) in [7, 11) is 0. The van der Waals surface area contributed by atoms with Crippen LogP contribution in [0.1, 0.15) is 19.8 Å². The fourth-order valence-electron chi connectivity index (χ4n) is 1.71. The van der Waals surface area contributed by atoms with Crippen molar-refractivity contribution in [2.75, 3.05) is 19.7 Å². The van der Waals surface area contributed by atoms with E-state index in [0.717, 1.165) is 19.5 Å². The summed E-state index contributed by atoms with van der Waals surface area (Å²) in [5.41, 5.74) is 5.67. The van der Waals surface area contributed by atoms with E-state index >= 15 is 0 Å². The average Bonchev–Trinajstić information content (AvgIpc) is 2.34. The summed E-state index contributed by atoms with van der Waals surface area (Å²) in [4.78, 5) is 2.28. The molecule has 0 spiro atoms. The van der Waals surface area contributed by atoms with Gasteiger partial charge in [-0.1, -0.05) is 0 Å². The van der Waals surface area contributed by atoms with Crippen LogP contribution in [0.3, 0.4) is 0 Å². The quantitative estimate of drug-likeness (QED) is 0.597. The van der Waals surface area contributed by atoms with Crippen molar-refractivity contribution in [2.24, 2.45) is 5.73 Å². The molecule has 0 radical (unpaired) electrons. The van der Waals surface area contributed by atoms with Gasteiger partial charge in [-0.25, -0.2) is 0 Å². The van der Waals surface area contributed by atoms with Crippen LogP contribution in [0.4, 0.5) is 0 Å². The molecule has 3 heteroatoms. The first-order chi connectivity index (χ1) is 5.24. The van der Waals surface area contributed by atoms with Gasteiger partial charge in [-0.2, -0.15) is 0 Å². The number of nitrogens with two attached hydrogens (primary N) is 1. The van der Waals surface area contributed by atoms with Crippen LogP contribution in [0.2, 0.25) is 0 Å². The van der Waals surface area contributed by atoms with Crippen LogP contribution >= 0.6 is 0 Å². The normalized spacial score (nSPS) is 29.2. The van der Waals surface area contributed by atoms with Gasteiger partial charge in [0.25, 0.3) is 0 Å². The van der Waals surface area contributed by atoms with Gasteiger partial charge in [0, 0.05) is 18.6 Å². The minimum Gasteiger partial charge on any atom is -0.395 e. The first kappa shape index (κ1) is 8.97. The van der Waals surface area contributed by atoms with Crippen LogP contribution in [0, 0.1) is 0 Å². The number of likely N-dealkylation sites (tertiary alicyclic amines) is 1. The summed E-state index contributed by atoms with van der Waals surface area (Å²) in [6, 6.07) is 0.600. The van der Waals surface area contributed by atoms with Gasteiger partial charge < -0.3 is 10.8 Å². The van der Waals surface area contributed by atoms with Gasteiger partial charge in [-0.3, -0.25) is 4.90 Å². The van der Waals surface area contributed by atoms with Gasteiger partial charge in [-0.15, -0.1) is 0 Å². The highest BCUT2D eigenvalue weighted by Gasteiger charge is 2.23. The van der Waals surface area contributed by atoms with E-state index in [2.05, 4.69) is 4.90 Å². The minimum atomic E-state index is 0.224. The van der Waals surface area contributed by atoms with Crippen LogP contribution in [0.15, 0.2) is 0 Å². The molecule has 3 N–H and O–H groups in total. The molecular weight excluding hydrogens is 140 g/mol. The van der Waals surface area contributed by atoms with E-state index in [0.29, 0.717) is 6.04 Å². The lowest BCUT2D eigenvalue weighted by molar-refractivity contribution is 0.154. The first-order valence-electron chi connectivity index (χ1n) is 4.34. The maximum Gasteiger partial charge on any atom is 0.0586 e. The Morgan fingerprint density at radius 1 is 1.73 bits per heavy atom. The average molecular weight is 158 g/mol. The van der Waals surface area contributed by atoms with Crippen LogP contribution in [-0.4, -0.2) is 41.8 Å². The van der Waals surface area contributed by atoms with Crippen molar-refractivity contribution in [3.63, 3.8) is 0 Å². The van der Waals surface area contributed by atoms with E-state index in [1.165, 1.54) is 6.42 Å². The van der Waals surface area contributed by atoms with Crippen molar-refractivity contribution in [1.82, 2.24) is 4.90 Å². The van der Waals surface area contributed by atoms with Crippen molar-refractivity contribution < 1.29 is 5.11 Å². The molecule has 1 rings (SSSR count). The molecule has 1 heterocycles. The van der Waals surface area contributed by atoms with Gasteiger partial charge >= 0.3 is 0 Å². The van der Waals surface area contributed by atoms with Gasteiger partial charge in [0.2, 0.25) is 0 Å². The molecule has 1 aliphatic heterocycles. The molecule has 1 aliphatic rings. The van der Waals surface area contributed by atoms with Crippen LogP contribution in [0.25, 0.3) is 0 Å². The molecule has 0 saturated carbocycles. The molecule has 0 bridgehead atoms. The Morgan fingerprint density at radius 3 is 3.00 bits per heavy atom. The zero-order valence-electron chi connectivity index (χ0n) is 7.16. The summed E-state index contributed by atoms with van der Waals surface area (Å²) in [5, 5.41) is 8.97. The van der Waals surface area contributed by atoms with Gasteiger partial charge in [-0.05, 0) is 26.3 Å². The minimum absolute atomic E-state index is 0.224. The van der Waals surface area contributed by atoms with E-state index in [4.69, 9.17) is 10.8 Å². The molecule has 1 saturated heterocycles. The lowest BCUT2D eigenvalue weighted by Gasteiger charge is -2.24. The van der Waals surface area contributed by atoms with E-state index in [9.17, 15) is 0 Å². The Morgan fingerprint density at radius 2 is 2.45 bits per heavy atom. The number of hydrogen-bond donors (Lipinski definition) is 2. The van der Waals surface area contributed by atoms with Gasteiger partial charge in [0.05, 0.1) is 6.61 Å². The highest BCUT2D eigenvalue weighted by molar-refractivity contribution is 4.79. The fraction of sp³-hybridized carbons (Fsp3) is 1.00. The smallest absolute Gasteiger partial charge is 0.0586 e. The van der Waals surface area contributed by atoms with E-state index in [1.807, 2.05) is 6.92 Å². The predicted molar refractivity (Wildman–Crippen MR) is 45.3 cm³/mol. The van der Waals surface area contributed by atoms with Gasteiger partial charge in [0.1, 0.15) is 0 Å². The lowest BCUT2D eigenvalue weighted by Crippen LogP contribution is -2.40. The van der Waals surface area contributed by atoms with E-state index in [-0.39, 0.29) is 12.6 Å². The second-order valence-electron chi connectivity index (χ2n) is 3.45. The van der Waals surface area contributed by atoms with Crippen molar-refractivity contribution in [3.8, 4) is 0 Å². The molecule has 2 atom stereocenters. The molecule has 3 nitrogen and oxygen atoms in total. The Balaban J connectivity index is 2.31. The van der Waals surface area contributed by atoms with Gasteiger partial charge in [0.15, 0.2) is 0 Å². The Bertz CT molecular complexity index is 117. The molecule has 0 aromatic carbocycles. The van der Waals surface area contributed by atoms with Crippen molar-refractivity contribution in [1.29, 1.82) is 0 Å². The Kier molecular flexibility index (Phi) is 3.30.